The first-order chi connectivity index (χ1) is 9.62. The molecular weight excluding hydrogens is 254 g/mol. The van der Waals surface area contributed by atoms with Crippen LogP contribution in [0.25, 0.3) is 0 Å². The van der Waals surface area contributed by atoms with Gasteiger partial charge in [-0.25, -0.2) is 4.98 Å². The summed E-state index contributed by atoms with van der Waals surface area (Å²) in [5.41, 5.74) is 6.32. The van der Waals surface area contributed by atoms with E-state index in [1.54, 1.807) is 0 Å². The topological polar surface area (TPSA) is 81.1 Å². The van der Waals surface area contributed by atoms with Crippen LogP contribution >= 0.6 is 0 Å². The number of carboxylic acid groups (broad SMARTS) is 1. The van der Waals surface area contributed by atoms with Crippen LogP contribution < -0.4 is 5.73 Å². The standard InChI is InChI=1S/C15H27N3O2/c1-3-6-14(4-2)18-10-13(17-11-18)9-12(15(19)20)7-5-8-16/h10-12,14H,3-9,16H2,1-2H3,(H,19,20). The van der Waals surface area contributed by atoms with Crippen molar-refractivity contribution in [2.75, 3.05) is 6.54 Å². The number of carbonyl (C=O) groups is 1. The summed E-state index contributed by atoms with van der Waals surface area (Å²) < 4.78 is 2.13. The van der Waals surface area contributed by atoms with Crippen LogP contribution in [0.1, 0.15) is 57.7 Å². The summed E-state index contributed by atoms with van der Waals surface area (Å²) >= 11 is 0. The van der Waals surface area contributed by atoms with Crippen LogP contribution in [0.2, 0.25) is 0 Å². The number of aliphatic carboxylic acids is 1. The SMILES string of the molecule is CCCC(CC)n1cnc(CC(CCCN)C(=O)O)c1. The molecule has 5 nitrogen and oxygen atoms in total. The Kier molecular flexibility index (Phi) is 7.30. The van der Waals surface area contributed by atoms with Crippen LogP contribution in [0.15, 0.2) is 12.5 Å². The molecule has 0 saturated carbocycles. The van der Waals surface area contributed by atoms with E-state index in [9.17, 15) is 9.90 Å². The van der Waals surface area contributed by atoms with Crippen LogP contribution in [0.5, 0.6) is 0 Å². The molecule has 1 rings (SSSR count). The molecule has 1 heterocycles. The average molecular weight is 281 g/mol. The van der Waals surface area contributed by atoms with E-state index in [4.69, 9.17) is 5.73 Å². The maximum absolute atomic E-state index is 11.2. The van der Waals surface area contributed by atoms with Crippen molar-refractivity contribution in [3.8, 4) is 0 Å². The molecule has 0 aromatic carbocycles. The van der Waals surface area contributed by atoms with E-state index >= 15 is 0 Å². The first-order valence-corrected chi connectivity index (χ1v) is 7.57. The van der Waals surface area contributed by atoms with Crippen LogP contribution in [-0.4, -0.2) is 27.2 Å². The highest BCUT2D eigenvalue weighted by atomic mass is 16.4. The Labute approximate surface area is 121 Å². The van der Waals surface area contributed by atoms with E-state index in [1.807, 2.05) is 12.5 Å². The van der Waals surface area contributed by atoms with Crippen LogP contribution in [-0.2, 0) is 11.2 Å². The molecule has 2 unspecified atom stereocenters. The Bertz CT molecular complexity index is 404. The summed E-state index contributed by atoms with van der Waals surface area (Å²) in [6, 6.07) is 0.466. The van der Waals surface area contributed by atoms with Gasteiger partial charge >= 0.3 is 5.97 Å². The summed E-state index contributed by atoms with van der Waals surface area (Å²) in [5, 5.41) is 9.23. The minimum atomic E-state index is -0.756. The van der Waals surface area contributed by atoms with Crippen LogP contribution in [0, 0.1) is 5.92 Å². The molecule has 2 atom stereocenters. The quantitative estimate of drug-likeness (QED) is 0.690. The molecule has 20 heavy (non-hydrogen) atoms. The van der Waals surface area contributed by atoms with Gasteiger partial charge in [0.15, 0.2) is 0 Å². The second-order valence-corrected chi connectivity index (χ2v) is 5.33. The molecular formula is C15H27N3O2. The molecule has 0 amide bonds. The zero-order valence-corrected chi connectivity index (χ0v) is 12.6. The van der Waals surface area contributed by atoms with Gasteiger partial charge in [0.05, 0.1) is 17.9 Å². The van der Waals surface area contributed by atoms with Gasteiger partial charge in [-0.15, -0.1) is 0 Å². The van der Waals surface area contributed by atoms with Gasteiger partial charge in [0.2, 0.25) is 0 Å². The number of nitrogens with zero attached hydrogens (tertiary/aromatic N) is 2. The summed E-state index contributed by atoms with van der Waals surface area (Å²) in [5.74, 6) is -1.14. The Morgan fingerprint density at radius 2 is 2.20 bits per heavy atom. The van der Waals surface area contributed by atoms with Crippen molar-refractivity contribution in [2.24, 2.45) is 11.7 Å². The van der Waals surface area contributed by atoms with Gasteiger partial charge in [0.25, 0.3) is 0 Å². The second-order valence-electron chi connectivity index (χ2n) is 5.33. The number of nitrogens with two attached hydrogens (primary N) is 1. The van der Waals surface area contributed by atoms with Gasteiger partial charge in [0.1, 0.15) is 0 Å². The van der Waals surface area contributed by atoms with Gasteiger partial charge < -0.3 is 15.4 Å². The Morgan fingerprint density at radius 3 is 2.75 bits per heavy atom. The van der Waals surface area contributed by atoms with E-state index in [-0.39, 0.29) is 5.92 Å². The lowest BCUT2D eigenvalue weighted by Gasteiger charge is -2.15. The summed E-state index contributed by atoms with van der Waals surface area (Å²) in [6.07, 6.45) is 9.02. The van der Waals surface area contributed by atoms with Gasteiger partial charge in [-0.2, -0.15) is 0 Å². The first kappa shape index (κ1) is 16.7. The predicted octanol–water partition coefficient (Wildman–Crippen LogP) is 2.62. The zero-order valence-electron chi connectivity index (χ0n) is 12.6. The molecule has 3 N–H and O–H groups in total. The lowest BCUT2D eigenvalue weighted by Crippen LogP contribution is -2.18. The normalized spacial score (nSPS) is 14.2. The average Bonchev–Trinajstić information content (AvgIpc) is 2.88. The molecule has 0 aliphatic heterocycles. The zero-order chi connectivity index (χ0) is 15.0. The summed E-state index contributed by atoms with van der Waals surface area (Å²) in [6.45, 7) is 4.88. The highest BCUT2D eigenvalue weighted by Gasteiger charge is 2.19. The maximum Gasteiger partial charge on any atom is 0.306 e. The largest absolute Gasteiger partial charge is 0.481 e. The summed E-state index contributed by atoms with van der Waals surface area (Å²) in [4.78, 5) is 15.6. The fourth-order valence-corrected chi connectivity index (χ4v) is 2.51. The van der Waals surface area contributed by atoms with Crippen molar-refractivity contribution in [1.29, 1.82) is 0 Å². The smallest absolute Gasteiger partial charge is 0.306 e. The molecule has 0 bridgehead atoms. The molecule has 0 saturated heterocycles. The molecule has 1 aromatic rings. The van der Waals surface area contributed by atoms with Crippen molar-refractivity contribution in [1.82, 2.24) is 9.55 Å². The van der Waals surface area contributed by atoms with Crippen molar-refractivity contribution in [3.63, 3.8) is 0 Å². The van der Waals surface area contributed by atoms with Gasteiger partial charge in [0, 0.05) is 18.7 Å². The maximum atomic E-state index is 11.2. The number of carboxylic acids is 1. The Balaban J connectivity index is 2.67. The van der Waals surface area contributed by atoms with E-state index in [2.05, 4.69) is 23.4 Å². The minimum absolute atomic E-state index is 0.381. The highest BCUT2D eigenvalue weighted by Crippen LogP contribution is 2.20. The van der Waals surface area contributed by atoms with Gasteiger partial charge in [-0.05, 0) is 32.2 Å². The molecule has 0 fully saturated rings. The number of hydrogen-bond donors (Lipinski definition) is 2. The van der Waals surface area contributed by atoms with Crippen molar-refractivity contribution < 1.29 is 9.90 Å². The highest BCUT2D eigenvalue weighted by molar-refractivity contribution is 5.70. The Morgan fingerprint density at radius 1 is 1.45 bits per heavy atom. The predicted molar refractivity (Wildman–Crippen MR) is 79.6 cm³/mol. The summed E-state index contributed by atoms with van der Waals surface area (Å²) in [7, 11) is 0. The monoisotopic (exact) mass is 281 g/mol. The number of hydrogen-bond acceptors (Lipinski definition) is 3. The lowest BCUT2D eigenvalue weighted by molar-refractivity contribution is -0.142. The lowest BCUT2D eigenvalue weighted by atomic mass is 9.98. The third-order valence-corrected chi connectivity index (χ3v) is 3.73. The van der Waals surface area contributed by atoms with Crippen LogP contribution in [0.3, 0.4) is 0 Å². The molecule has 0 radical (unpaired) electrons. The second kappa shape index (κ2) is 8.74. The van der Waals surface area contributed by atoms with E-state index < -0.39 is 5.97 Å². The van der Waals surface area contributed by atoms with E-state index in [1.165, 1.54) is 0 Å². The van der Waals surface area contributed by atoms with Crippen molar-refractivity contribution in [3.05, 3.63) is 18.2 Å². The number of aromatic nitrogens is 2. The van der Waals surface area contributed by atoms with E-state index in [0.717, 1.165) is 31.4 Å². The number of rotatable bonds is 10. The molecule has 0 spiro atoms. The fraction of sp³-hybridized carbons (Fsp3) is 0.733. The fourth-order valence-electron chi connectivity index (χ4n) is 2.51. The minimum Gasteiger partial charge on any atom is -0.481 e. The van der Waals surface area contributed by atoms with Gasteiger partial charge in [-0.1, -0.05) is 20.3 Å². The molecule has 0 aliphatic carbocycles. The van der Waals surface area contributed by atoms with Crippen molar-refractivity contribution in [2.45, 2.75) is 58.4 Å². The molecule has 114 valence electrons. The Hall–Kier alpha value is -1.36. The molecule has 1 aromatic heterocycles. The number of imidazole rings is 1. The molecule has 5 heteroatoms. The van der Waals surface area contributed by atoms with Gasteiger partial charge in [-0.3, -0.25) is 4.79 Å². The third-order valence-electron chi connectivity index (χ3n) is 3.73. The first-order valence-electron chi connectivity index (χ1n) is 7.57. The van der Waals surface area contributed by atoms with E-state index in [0.29, 0.717) is 25.4 Å². The molecule has 0 aliphatic rings. The third kappa shape index (κ3) is 4.96. The van der Waals surface area contributed by atoms with Crippen molar-refractivity contribution >= 4 is 5.97 Å². The van der Waals surface area contributed by atoms with Crippen LogP contribution in [0.4, 0.5) is 0 Å².